The van der Waals surface area contributed by atoms with E-state index in [0.29, 0.717) is 11.5 Å². The summed E-state index contributed by atoms with van der Waals surface area (Å²) in [5.74, 6) is 0. The Morgan fingerprint density at radius 1 is 1.35 bits per heavy atom. The lowest BCUT2D eigenvalue weighted by Crippen LogP contribution is -2.56. The maximum Gasteiger partial charge on any atom is 0.0467 e. The SMILES string of the molecule is CC(C)N1CCC(CN)(N(C)CC(C)(C)C)C1. The van der Waals surface area contributed by atoms with E-state index in [2.05, 4.69) is 51.5 Å². The molecule has 1 aliphatic rings. The number of hydrogen-bond donors (Lipinski definition) is 1. The number of nitrogens with two attached hydrogens (primary N) is 1. The Balaban J connectivity index is 2.70. The Hall–Kier alpha value is -0.120. The molecule has 3 nitrogen and oxygen atoms in total. The molecular formula is C14H31N3. The van der Waals surface area contributed by atoms with E-state index < -0.39 is 0 Å². The Morgan fingerprint density at radius 2 is 1.94 bits per heavy atom. The zero-order valence-electron chi connectivity index (χ0n) is 12.6. The number of likely N-dealkylation sites (N-methyl/N-ethyl adjacent to an activating group) is 1. The smallest absolute Gasteiger partial charge is 0.0467 e. The molecule has 0 aliphatic carbocycles. The normalized spacial score (nSPS) is 27.4. The second kappa shape index (κ2) is 5.25. The highest BCUT2D eigenvalue weighted by molar-refractivity contribution is 5.00. The van der Waals surface area contributed by atoms with Crippen molar-refractivity contribution in [1.82, 2.24) is 9.80 Å². The number of likely N-dealkylation sites (tertiary alicyclic amines) is 1. The molecule has 0 bridgehead atoms. The van der Waals surface area contributed by atoms with Gasteiger partial charge >= 0.3 is 0 Å². The topological polar surface area (TPSA) is 32.5 Å². The Morgan fingerprint density at radius 3 is 2.29 bits per heavy atom. The van der Waals surface area contributed by atoms with E-state index in [1.165, 1.54) is 13.0 Å². The quantitative estimate of drug-likeness (QED) is 0.814. The Bertz CT molecular complexity index is 244. The van der Waals surface area contributed by atoms with Crippen molar-refractivity contribution in [3.05, 3.63) is 0 Å². The van der Waals surface area contributed by atoms with Crippen LogP contribution in [0, 0.1) is 5.41 Å². The van der Waals surface area contributed by atoms with Crippen molar-refractivity contribution in [2.45, 2.75) is 52.6 Å². The van der Waals surface area contributed by atoms with E-state index in [0.717, 1.165) is 19.6 Å². The van der Waals surface area contributed by atoms with Gasteiger partial charge in [-0.1, -0.05) is 20.8 Å². The summed E-state index contributed by atoms with van der Waals surface area (Å²) in [4.78, 5) is 5.04. The lowest BCUT2D eigenvalue weighted by atomic mass is 9.90. The molecule has 1 heterocycles. The minimum Gasteiger partial charge on any atom is -0.329 e. The predicted octanol–water partition coefficient (Wildman–Crippen LogP) is 1.78. The number of hydrogen-bond acceptors (Lipinski definition) is 3. The monoisotopic (exact) mass is 241 g/mol. The van der Waals surface area contributed by atoms with E-state index in [-0.39, 0.29) is 5.54 Å². The number of rotatable bonds is 4. The van der Waals surface area contributed by atoms with Crippen molar-refractivity contribution in [1.29, 1.82) is 0 Å². The summed E-state index contributed by atoms with van der Waals surface area (Å²) < 4.78 is 0. The highest BCUT2D eigenvalue weighted by Crippen LogP contribution is 2.30. The van der Waals surface area contributed by atoms with Crippen molar-refractivity contribution < 1.29 is 0 Å². The van der Waals surface area contributed by atoms with E-state index in [1.54, 1.807) is 0 Å². The third-order valence-corrected chi connectivity index (χ3v) is 3.99. The van der Waals surface area contributed by atoms with E-state index in [9.17, 15) is 0 Å². The molecule has 3 heteroatoms. The van der Waals surface area contributed by atoms with Gasteiger partial charge in [0.1, 0.15) is 0 Å². The van der Waals surface area contributed by atoms with Crippen LogP contribution in [0.15, 0.2) is 0 Å². The Kier molecular flexibility index (Phi) is 4.61. The molecule has 0 amide bonds. The van der Waals surface area contributed by atoms with E-state index >= 15 is 0 Å². The summed E-state index contributed by atoms with van der Waals surface area (Å²) in [5.41, 5.74) is 6.61. The summed E-state index contributed by atoms with van der Waals surface area (Å²) in [5, 5.41) is 0. The molecule has 2 N–H and O–H groups in total. The molecule has 0 aromatic heterocycles. The predicted molar refractivity (Wildman–Crippen MR) is 75.2 cm³/mol. The van der Waals surface area contributed by atoms with Gasteiger partial charge in [-0.15, -0.1) is 0 Å². The fourth-order valence-corrected chi connectivity index (χ4v) is 2.84. The van der Waals surface area contributed by atoms with Gasteiger partial charge in [-0.3, -0.25) is 9.80 Å². The fourth-order valence-electron chi connectivity index (χ4n) is 2.84. The molecule has 1 rings (SSSR count). The van der Waals surface area contributed by atoms with Gasteiger partial charge in [-0.25, -0.2) is 0 Å². The molecule has 1 unspecified atom stereocenters. The van der Waals surface area contributed by atoms with Gasteiger partial charge < -0.3 is 5.73 Å². The summed E-state index contributed by atoms with van der Waals surface area (Å²) in [6, 6.07) is 0.631. The van der Waals surface area contributed by atoms with Gasteiger partial charge in [0.2, 0.25) is 0 Å². The second-order valence-electron chi connectivity index (χ2n) is 7.16. The van der Waals surface area contributed by atoms with Crippen LogP contribution in [-0.2, 0) is 0 Å². The average molecular weight is 241 g/mol. The largest absolute Gasteiger partial charge is 0.329 e. The van der Waals surface area contributed by atoms with E-state index in [1.807, 2.05) is 0 Å². The molecule has 1 saturated heterocycles. The first kappa shape index (κ1) is 14.9. The number of nitrogens with zero attached hydrogens (tertiary/aromatic N) is 2. The lowest BCUT2D eigenvalue weighted by molar-refractivity contribution is 0.0870. The van der Waals surface area contributed by atoms with Gasteiger partial charge in [-0.05, 0) is 32.7 Å². The fraction of sp³-hybridized carbons (Fsp3) is 1.00. The molecular weight excluding hydrogens is 210 g/mol. The molecule has 0 aromatic rings. The minimum absolute atomic E-state index is 0.192. The van der Waals surface area contributed by atoms with Crippen LogP contribution in [-0.4, -0.2) is 54.6 Å². The lowest BCUT2D eigenvalue weighted by Gasteiger charge is -2.41. The van der Waals surface area contributed by atoms with Crippen LogP contribution in [0.5, 0.6) is 0 Å². The van der Waals surface area contributed by atoms with Crippen LogP contribution in [0.2, 0.25) is 0 Å². The molecule has 0 saturated carbocycles. The minimum atomic E-state index is 0.192. The van der Waals surface area contributed by atoms with Gasteiger partial charge in [0.05, 0.1) is 0 Å². The van der Waals surface area contributed by atoms with Crippen molar-refractivity contribution >= 4 is 0 Å². The van der Waals surface area contributed by atoms with Gasteiger partial charge in [0.25, 0.3) is 0 Å². The van der Waals surface area contributed by atoms with Crippen LogP contribution in [0.3, 0.4) is 0 Å². The third kappa shape index (κ3) is 3.67. The van der Waals surface area contributed by atoms with Gasteiger partial charge in [-0.2, -0.15) is 0 Å². The first-order chi connectivity index (χ1) is 7.70. The standard InChI is InChI=1S/C14H31N3/c1-12(2)17-8-7-14(9-15,11-17)16(6)10-13(3,4)5/h12H,7-11,15H2,1-6H3. The van der Waals surface area contributed by atoms with Crippen LogP contribution < -0.4 is 5.73 Å². The molecule has 1 atom stereocenters. The van der Waals surface area contributed by atoms with Gasteiger partial charge in [0.15, 0.2) is 0 Å². The van der Waals surface area contributed by atoms with Crippen LogP contribution in [0.4, 0.5) is 0 Å². The Labute approximate surface area is 107 Å². The molecule has 17 heavy (non-hydrogen) atoms. The second-order valence-corrected chi connectivity index (χ2v) is 7.16. The molecule has 102 valence electrons. The van der Waals surface area contributed by atoms with Crippen LogP contribution >= 0.6 is 0 Å². The van der Waals surface area contributed by atoms with Crippen molar-refractivity contribution in [3.63, 3.8) is 0 Å². The van der Waals surface area contributed by atoms with Crippen LogP contribution in [0.25, 0.3) is 0 Å². The summed E-state index contributed by atoms with van der Waals surface area (Å²) in [6.07, 6.45) is 1.20. The zero-order chi connectivity index (χ0) is 13.3. The highest BCUT2D eigenvalue weighted by atomic mass is 15.3. The van der Waals surface area contributed by atoms with Gasteiger partial charge in [0, 0.05) is 37.8 Å². The van der Waals surface area contributed by atoms with E-state index in [4.69, 9.17) is 5.73 Å². The average Bonchev–Trinajstić information content (AvgIpc) is 2.60. The summed E-state index contributed by atoms with van der Waals surface area (Å²) >= 11 is 0. The maximum absolute atomic E-state index is 6.08. The molecule has 0 radical (unpaired) electrons. The van der Waals surface area contributed by atoms with Crippen molar-refractivity contribution in [2.24, 2.45) is 11.1 Å². The highest BCUT2D eigenvalue weighted by Gasteiger charge is 2.41. The first-order valence-corrected chi connectivity index (χ1v) is 6.85. The first-order valence-electron chi connectivity index (χ1n) is 6.85. The molecule has 1 aliphatic heterocycles. The van der Waals surface area contributed by atoms with Crippen LogP contribution in [0.1, 0.15) is 41.0 Å². The van der Waals surface area contributed by atoms with Crippen molar-refractivity contribution in [3.8, 4) is 0 Å². The molecule has 1 fully saturated rings. The molecule has 0 aromatic carbocycles. The maximum atomic E-state index is 6.08. The van der Waals surface area contributed by atoms with Crippen molar-refractivity contribution in [2.75, 3.05) is 33.2 Å². The molecule has 0 spiro atoms. The zero-order valence-corrected chi connectivity index (χ0v) is 12.6. The summed E-state index contributed by atoms with van der Waals surface area (Å²) in [7, 11) is 2.24. The summed E-state index contributed by atoms with van der Waals surface area (Å²) in [6.45, 7) is 15.6. The third-order valence-electron chi connectivity index (χ3n) is 3.99.